The van der Waals surface area contributed by atoms with Gasteiger partial charge in [-0.3, -0.25) is 0 Å². The van der Waals surface area contributed by atoms with E-state index in [1.54, 1.807) is 13.8 Å². The maximum atomic E-state index is 13.6. The number of pyridine rings is 1. The first kappa shape index (κ1) is 16.1. The molecule has 2 aromatic heterocycles. The standard InChI is InChI=1S/C11H9Cl2F4N3O/c1-4(2)21-20-6-3-5(12)7(13)18-8(6)19-10(20)11(16,17)9(14)15/h3-4,9H,1-2H3. The highest BCUT2D eigenvalue weighted by molar-refractivity contribution is 6.41. The van der Waals surface area contributed by atoms with Crippen LogP contribution in [0.5, 0.6) is 0 Å². The molecule has 2 rings (SSSR count). The number of imidazole rings is 1. The van der Waals surface area contributed by atoms with Crippen molar-refractivity contribution in [3.05, 3.63) is 22.1 Å². The summed E-state index contributed by atoms with van der Waals surface area (Å²) in [6.45, 7) is 3.09. The monoisotopic (exact) mass is 345 g/mol. The quantitative estimate of drug-likeness (QED) is 0.622. The number of hydrogen-bond acceptors (Lipinski definition) is 3. The van der Waals surface area contributed by atoms with Crippen molar-refractivity contribution in [1.82, 2.24) is 14.7 Å². The van der Waals surface area contributed by atoms with Gasteiger partial charge >= 0.3 is 12.3 Å². The lowest BCUT2D eigenvalue weighted by molar-refractivity contribution is -0.150. The molecule has 0 radical (unpaired) electrons. The van der Waals surface area contributed by atoms with Crippen LogP contribution < -0.4 is 4.84 Å². The van der Waals surface area contributed by atoms with Crippen molar-refractivity contribution >= 4 is 34.4 Å². The summed E-state index contributed by atoms with van der Waals surface area (Å²) in [5, 5.41) is -0.213. The third-order valence-electron chi connectivity index (χ3n) is 2.41. The molecule has 0 saturated heterocycles. The van der Waals surface area contributed by atoms with Gasteiger partial charge in [0.25, 0.3) is 0 Å². The fourth-order valence-corrected chi connectivity index (χ4v) is 1.84. The van der Waals surface area contributed by atoms with E-state index < -0.39 is 24.3 Å². The van der Waals surface area contributed by atoms with Gasteiger partial charge in [-0.25, -0.2) is 18.7 Å². The third kappa shape index (κ3) is 2.87. The number of fused-ring (bicyclic) bond motifs is 1. The number of hydrogen-bond donors (Lipinski definition) is 0. The van der Waals surface area contributed by atoms with Gasteiger partial charge in [-0.15, -0.1) is 0 Å². The molecule has 0 unspecified atom stereocenters. The number of nitrogens with zero attached hydrogens (tertiary/aromatic N) is 3. The molecule has 0 aromatic carbocycles. The minimum Gasteiger partial charge on any atom is -0.409 e. The number of aromatic nitrogens is 3. The summed E-state index contributed by atoms with van der Waals surface area (Å²) in [4.78, 5) is 12.2. The molecule has 0 bridgehead atoms. The molecule has 0 saturated carbocycles. The Morgan fingerprint density at radius 3 is 2.38 bits per heavy atom. The van der Waals surface area contributed by atoms with Crippen molar-refractivity contribution in [2.24, 2.45) is 0 Å². The Morgan fingerprint density at radius 1 is 1.24 bits per heavy atom. The van der Waals surface area contributed by atoms with Crippen LogP contribution in [0.1, 0.15) is 19.7 Å². The first-order valence-corrected chi connectivity index (χ1v) is 6.48. The first-order valence-electron chi connectivity index (χ1n) is 5.72. The van der Waals surface area contributed by atoms with E-state index in [0.29, 0.717) is 4.73 Å². The summed E-state index contributed by atoms with van der Waals surface area (Å²) in [6.07, 6.45) is -4.51. The lowest BCUT2D eigenvalue weighted by atomic mass is 10.3. The van der Waals surface area contributed by atoms with Crippen LogP contribution in [0.15, 0.2) is 6.07 Å². The van der Waals surface area contributed by atoms with Gasteiger partial charge in [-0.2, -0.15) is 13.5 Å². The summed E-state index contributed by atoms with van der Waals surface area (Å²) >= 11 is 11.4. The molecule has 4 nitrogen and oxygen atoms in total. The predicted molar refractivity (Wildman–Crippen MR) is 69.2 cm³/mol. The smallest absolute Gasteiger partial charge is 0.367 e. The van der Waals surface area contributed by atoms with Crippen molar-refractivity contribution in [2.45, 2.75) is 32.3 Å². The fraction of sp³-hybridized carbons (Fsp3) is 0.455. The zero-order valence-corrected chi connectivity index (χ0v) is 12.3. The molecule has 116 valence electrons. The Bertz CT molecular complexity index is 675. The normalized spacial score (nSPS) is 12.7. The Morgan fingerprint density at radius 2 is 1.86 bits per heavy atom. The van der Waals surface area contributed by atoms with Crippen LogP contribution in [0.25, 0.3) is 11.2 Å². The Kier molecular flexibility index (Phi) is 4.21. The highest BCUT2D eigenvalue weighted by atomic mass is 35.5. The first-order chi connectivity index (χ1) is 9.64. The lowest BCUT2D eigenvalue weighted by Gasteiger charge is -2.18. The van der Waals surface area contributed by atoms with Gasteiger partial charge < -0.3 is 4.84 Å². The van der Waals surface area contributed by atoms with Gasteiger partial charge in [-0.05, 0) is 19.9 Å². The van der Waals surface area contributed by atoms with E-state index in [0.717, 1.165) is 0 Å². The summed E-state index contributed by atoms with van der Waals surface area (Å²) in [5.74, 6) is -5.76. The Hall–Kier alpha value is -1.28. The van der Waals surface area contributed by atoms with E-state index in [2.05, 4.69) is 9.97 Å². The van der Waals surface area contributed by atoms with E-state index in [-0.39, 0.29) is 21.3 Å². The van der Waals surface area contributed by atoms with Crippen LogP contribution >= 0.6 is 23.2 Å². The van der Waals surface area contributed by atoms with Crippen LogP contribution in [0, 0.1) is 0 Å². The number of halogens is 6. The lowest BCUT2D eigenvalue weighted by Crippen LogP contribution is -2.32. The van der Waals surface area contributed by atoms with Crippen LogP contribution in [0.3, 0.4) is 0 Å². The average Bonchev–Trinajstić information content (AvgIpc) is 2.68. The second-order valence-corrected chi connectivity index (χ2v) is 5.18. The van der Waals surface area contributed by atoms with Gasteiger partial charge in [0.1, 0.15) is 16.8 Å². The summed E-state index contributed by atoms with van der Waals surface area (Å²) in [7, 11) is 0. The molecule has 21 heavy (non-hydrogen) atoms. The highest BCUT2D eigenvalue weighted by Gasteiger charge is 2.48. The highest BCUT2D eigenvalue weighted by Crippen LogP contribution is 2.36. The molecule has 0 atom stereocenters. The van der Waals surface area contributed by atoms with Crippen LogP contribution in [-0.2, 0) is 5.92 Å². The van der Waals surface area contributed by atoms with Crippen molar-refractivity contribution in [1.29, 1.82) is 0 Å². The summed E-state index contributed by atoms with van der Waals surface area (Å²) in [6, 6.07) is 1.17. The predicted octanol–water partition coefficient (Wildman–Crippen LogP) is 3.93. The molecule has 0 aliphatic rings. The molecular formula is C11H9Cl2F4N3O. The summed E-state index contributed by atoms with van der Waals surface area (Å²) in [5.41, 5.74) is -0.339. The zero-order chi connectivity index (χ0) is 15.9. The van der Waals surface area contributed by atoms with Gasteiger partial charge in [-0.1, -0.05) is 23.2 Å². The third-order valence-corrected chi connectivity index (χ3v) is 3.08. The molecule has 0 aliphatic carbocycles. The van der Waals surface area contributed by atoms with Gasteiger partial charge in [0.15, 0.2) is 5.65 Å². The molecule has 10 heteroatoms. The maximum Gasteiger partial charge on any atom is 0.367 e. The van der Waals surface area contributed by atoms with E-state index in [9.17, 15) is 17.6 Å². The van der Waals surface area contributed by atoms with Crippen LogP contribution in [-0.4, -0.2) is 27.2 Å². The van der Waals surface area contributed by atoms with Gasteiger partial charge in [0.2, 0.25) is 5.82 Å². The van der Waals surface area contributed by atoms with Crippen LogP contribution in [0.2, 0.25) is 10.2 Å². The average molecular weight is 346 g/mol. The minimum atomic E-state index is -4.51. The number of rotatable bonds is 4. The molecule has 0 fully saturated rings. The molecule has 0 amide bonds. The van der Waals surface area contributed by atoms with Gasteiger partial charge in [0.05, 0.1) is 5.02 Å². The minimum absolute atomic E-state index is 0.0374. The molecule has 0 spiro atoms. The van der Waals surface area contributed by atoms with Crippen molar-refractivity contribution < 1.29 is 22.4 Å². The molecule has 2 heterocycles. The zero-order valence-electron chi connectivity index (χ0n) is 10.7. The van der Waals surface area contributed by atoms with E-state index in [4.69, 9.17) is 28.0 Å². The van der Waals surface area contributed by atoms with E-state index in [1.807, 2.05) is 0 Å². The molecule has 0 aliphatic heterocycles. The molecular weight excluding hydrogens is 337 g/mol. The van der Waals surface area contributed by atoms with Crippen LogP contribution in [0.4, 0.5) is 17.6 Å². The number of alkyl halides is 4. The van der Waals surface area contributed by atoms with Crippen molar-refractivity contribution in [3.8, 4) is 0 Å². The van der Waals surface area contributed by atoms with E-state index in [1.165, 1.54) is 6.07 Å². The fourth-order valence-electron chi connectivity index (χ4n) is 1.56. The summed E-state index contributed by atoms with van der Waals surface area (Å²) < 4.78 is 52.9. The van der Waals surface area contributed by atoms with Crippen molar-refractivity contribution in [2.75, 3.05) is 0 Å². The van der Waals surface area contributed by atoms with Gasteiger partial charge in [0, 0.05) is 0 Å². The molecule has 2 aromatic rings. The molecule has 0 N–H and O–H groups in total. The Labute approximate surface area is 126 Å². The maximum absolute atomic E-state index is 13.6. The second kappa shape index (κ2) is 5.49. The van der Waals surface area contributed by atoms with Crippen molar-refractivity contribution in [3.63, 3.8) is 0 Å². The largest absolute Gasteiger partial charge is 0.409 e. The van der Waals surface area contributed by atoms with E-state index >= 15 is 0 Å². The SMILES string of the molecule is CC(C)On1c(C(F)(F)C(F)F)nc2nc(Cl)c(Cl)cc21. The topological polar surface area (TPSA) is 39.9 Å². The second-order valence-electron chi connectivity index (χ2n) is 4.41. The Balaban J connectivity index is 2.74.